The van der Waals surface area contributed by atoms with E-state index in [1.165, 1.54) is 23.1 Å². The van der Waals surface area contributed by atoms with Gasteiger partial charge in [0.2, 0.25) is 0 Å². The van der Waals surface area contributed by atoms with Gasteiger partial charge in [0, 0.05) is 11.6 Å². The first-order valence-corrected chi connectivity index (χ1v) is 11.2. The number of nitrogens with zero attached hydrogens (tertiary/aromatic N) is 3. The van der Waals surface area contributed by atoms with E-state index in [2.05, 4.69) is 10.1 Å². The van der Waals surface area contributed by atoms with E-state index < -0.39 is 5.97 Å². The number of benzene rings is 1. The Hall–Kier alpha value is -2.19. The van der Waals surface area contributed by atoms with E-state index >= 15 is 0 Å². The molecule has 154 valence electrons. The number of rotatable bonds is 7. The number of ether oxygens (including phenoxy) is 1. The first-order valence-electron chi connectivity index (χ1n) is 9.49. The third kappa shape index (κ3) is 4.87. The minimum atomic E-state index is -0.416. The summed E-state index contributed by atoms with van der Waals surface area (Å²) in [5.74, 6) is -0.327. The lowest BCUT2D eigenvalue weighted by atomic mass is 9.92. The maximum absolute atomic E-state index is 14.2. The Labute approximate surface area is 178 Å². The van der Waals surface area contributed by atoms with E-state index in [4.69, 9.17) is 4.74 Å². The van der Waals surface area contributed by atoms with Gasteiger partial charge in [0.1, 0.15) is 5.82 Å². The van der Waals surface area contributed by atoms with Crippen LogP contribution in [-0.2, 0) is 4.74 Å². The van der Waals surface area contributed by atoms with Crippen LogP contribution in [0.1, 0.15) is 68.1 Å². The molecule has 0 bridgehead atoms. The van der Waals surface area contributed by atoms with Crippen LogP contribution in [0, 0.1) is 5.82 Å². The fourth-order valence-corrected chi connectivity index (χ4v) is 4.71. The van der Waals surface area contributed by atoms with Crippen LogP contribution < -0.4 is 0 Å². The summed E-state index contributed by atoms with van der Waals surface area (Å²) in [4.78, 5) is 17.0. The molecule has 0 saturated heterocycles. The normalized spacial score (nSPS) is 11.4. The van der Waals surface area contributed by atoms with Gasteiger partial charge in [-0.15, -0.1) is 11.3 Å². The van der Waals surface area contributed by atoms with Crippen molar-refractivity contribution in [2.24, 2.45) is 0 Å². The summed E-state index contributed by atoms with van der Waals surface area (Å²) >= 11 is 2.82. The van der Waals surface area contributed by atoms with E-state index in [1.807, 2.05) is 38.6 Å². The highest BCUT2D eigenvalue weighted by Gasteiger charge is 2.19. The summed E-state index contributed by atoms with van der Waals surface area (Å²) < 4.78 is 21.7. The molecule has 2 aromatic heterocycles. The summed E-state index contributed by atoms with van der Waals surface area (Å²) in [7, 11) is 0. The molecule has 0 aliphatic rings. The molecule has 0 spiro atoms. The quantitative estimate of drug-likeness (QED) is 0.425. The second kappa shape index (κ2) is 9.09. The molecule has 0 fully saturated rings. The van der Waals surface area contributed by atoms with Crippen LogP contribution in [0.2, 0.25) is 0 Å². The maximum atomic E-state index is 14.2. The van der Waals surface area contributed by atoms with Crippen molar-refractivity contribution in [3.8, 4) is 5.69 Å². The number of esters is 1. The van der Waals surface area contributed by atoms with E-state index in [-0.39, 0.29) is 17.7 Å². The van der Waals surface area contributed by atoms with Crippen LogP contribution >= 0.6 is 23.1 Å². The van der Waals surface area contributed by atoms with E-state index in [1.54, 1.807) is 30.6 Å². The van der Waals surface area contributed by atoms with Gasteiger partial charge < -0.3 is 4.74 Å². The van der Waals surface area contributed by atoms with Crippen molar-refractivity contribution >= 4 is 29.1 Å². The molecule has 0 amide bonds. The Morgan fingerprint density at radius 2 is 1.90 bits per heavy atom. The summed E-state index contributed by atoms with van der Waals surface area (Å²) in [6.45, 7) is 10.3. The smallest absolute Gasteiger partial charge is 0.357 e. The summed E-state index contributed by atoms with van der Waals surface area (Å²) in [5.41, 5.74) is 3.09. The van der Waals surface area contributed by atoms with Gasteiger partial charge >= 0.3 is 5.97 Å². The van der Waals surface area contributed by atoms with E-state index in [0.717, 1.165) is 26.0 Å². The molecule has 0 radical (unpaired) electrons. The third-order valence-electron chi connectivity index (χ3n) is 4.34. The number of hydrogen-bond acceptors (Lipinski definition) is 6. The number of aromatic nitrogens is 3. The molecule has 29 heavy (non-hydrogen) atoms. The molecular weight excluding hydrogens is 409 g/mol. The van der Waals surface area contributed by atoms with Crippen LogP contribution in [0.3, 0.4) is 0 Å². The lowest BCUT2D eigenvalue weighted by Crippen LogP contribution is -2.08. The molecule has 8 heteroatoms. The Morgan fingerprint density at radius 1 is 1.24 bits per heavy atom. The lowest BCUT2D eigenvalue weighted by Gasteiger charge is -2.19. The van der Waals surface area contributed by atoms with Crippen molar-refractivity contribution in [2.45, 2.75) is 55.7 Å². The second-order valence-electron chi connectivity index (χ2n) is 7.18. The first kappa shape index (κ1) is 21.5. The molecule has 0 N–H and O–H groups in total. The van der Waals surface area contributed by atoms with Crippen molar-refractivity contribution in [3.63, 3.8) is 0 Å². The Bertz CT molecular complexity index is 982. The third-order valence-corrected chi connectivity index (χ3v) is 6.22. The van der Waals surface area contributed by atoms with Crippen molar-refractivity contribution in [1.82, 2.24) is 14.8 Å². The SMILES string of the molecule is CCOC(=O)c1csc(Sc2cnn(-c3c(C(C)C)cc(F)cc3C(C)C)c2)n1. The van der Waals surface area contributed by atoms with Gasteiger partial charge in [-0.05, 0) is 42.0 Å². The number of carbonyl (C=O) groups excluding carboxylic acids is 1. The predicted molar refractivity (Wildman–Crippen MR) is 114 cm³/mol. The Morgan fingerprint density at radius 3 is 2.48 bits per heavy atom. The van der Waals surface area contributed by atoms with Gasteiger partial charge in [0.05, 0.1) is 23.4 Å². The van der Waals surface area contributed by atoms with Crippen molar-refractivity contribution in [1.29, 1.82) is 0 Å². The average Bonchev–Trinajstić information content (AvgIpc) is 3.31. The first-order chi connectivity index (χ1) is 13.8. The molecule has 0 atom stereocenters. The fraction of sp³-hybridized carbons (Fsp3) is 0.381. The summed E-state index contributed by atoms with van der Waals surface area (Å²) in [5, 5.41) is 6.22. The molecule has 3 rings (SSSR count). The molecule has 0 saturated carbocycles. The van der Waals surface area contributed by atoms with Crippen LogP contribution in [-0.4, -0.2) is 27.3 Å². The van der Waals surface area contributed by atoms with Crippen molar-refractivity contribution in [2.75, 3.05) is 6.61 Å². The number of hydrogen-bond donors (Lipinski definition) is 0. The van der Waals surface area contributed by atoms with Gasteiger partial charge in [0.25, 0.3) is 0 Å². The molecule has 0 unspecified atom stereocenters. The van der Waals surface area contributed by atoms with Gasteiger partial charge in [0.15, 0.2) is 10.0 Å². The average molecular weight is 434 g/mol. The lowest BCUT2D eigenvalue weighted by molar-refractivity contribution is 0.0520. The van der Waals surface area contributed by atoms with Crippen LogP contribution in [0.4, 0.5) is 4.39 Å². The standard InChI is InChI=1S/C21H24FN3O2S2/c1-6-27-20(26)18-11-28-21(24-18)29-15-9-23-25(10-15)19-16(12(2)3)7-14(22)8-17(19)13(4)5/h7-13H,6H2,1-5H3. The predicted octanol–water partition coefficient (Wildman–Crippen LogP) is 6.04. The minimum absolute atomic E-state index is 0.157. The zero-order chi connectivity index (χ0) is 21.1. The van der Waals surface area contributed by atoms with Gasteiger partial charge in [-0.1, -0.05) is 39.5 Å². The number of halogens is 1. The second-order valence-corrected chi connectivity index (χ2v) is 9.36. The van der Waals surface area contributed by atoms with Gasteiger partial charge in [-0.25, -0.2) is 18.9 Å². The van der Waals surface area contributed by atoms with Crippen LogP contribution in [0.25, 0.3) is 5.69 Å². The maximum Gasteiger partial charge on any atom is 0.357 e. The van der Waals surface area contributed by atoms with Crippen molar-refractivity contribution in [3.05, 3.63) is 52.5 Å². The molecule has 0 aliphatic carbocycles. The molecule has 1 aromatic carbocycles. The molecule has 5 nitrogen and oxygen atoms in total. The Kier molecular flexibility index (Phi) is 6.74. The minimum Gasteiger partial charge on any atom is -0.461 e. The van der Waals surface area contributed by atoms with Gasteiger partial charge in [-0.3, -0.25) is 0 Å². The largest absolute Gasteiger partial charge is 0.461 e. The molecule has 3 aromatic rings. The van der Waals surface area contributed by atoms with Crippen LogP contribution in [0.5, 0.6) is 0 Å². The van der Waals surface area contributed by atoms with Gasteiger partial charge in [-0.2, -0.15) is 5.10 Å². The summed E-state index contributed by atoms with van der Waals surface area (Å²) in [6, 6.07) is 3.18. The van der Waals surface area contributed by atoms with Crippen molar-refractivity contribution < 1.29 is 13.9 Å². The van der Waals surface area contributed by atoms with E-state index in [0.29, 0.717) is 12.3 Å². The monoisotopic (exact) mass is 433 g/mol. The zero-order valence-electron chi connectivity index (χ0n) is 17.1. The molecular formula is C21H24FN3O2S2. The zero-order valence-corrected chi connectivity index (χ0v) is 18.7. The topological polar surface area (TPSA) is 57.0 Å². The summed E-state index contributed by atoms with van der Waals surface area (Å²) in [6.07, 6.45) is 3.68. The molecule has 2 heterocycles. The highest BCUT2D eigenvalue weighted by Crippen LogP contribution is 2.35. The number of thiazole rings is 1. The number of carbonyl (C=O) groups is 1. The fourth-order valence-electron chi connectivity index (χ4n) is 2.97. The molecule has 0 aliphatic heterocycles. The Balaban J connectivity index is 1.92. The highest BCUT2D eigenvalue weighted by atomic mass is 32.2. The van der Waals surface area contributed by atoms with Crippen LogP contribution in [0.15, 0.2) is 39.1 Å². The highest BCUT2D eigenvalue weighted by molar-refractivity contribution is 8.01. The van der Waals surface area contributed by atoms with E-state index in [9.17, 15) is 9.18 Å².